The van der Waals surface area contributed by atoms with Gasteiger partial charge < -0.3 is 20.3 Å². The van der Waals surface area contributed by atoms with Crippen molar-refractivity contribution in [3.63, 3.8) is 0 Å². The molecule has 0 bridgehead atoms. The molecular weight excluding hydrogens is 503 g/mol. The summed E-state index contributed by atoms with van der Waals surface area (Å²) in [7, 11) is 1.52. The second kappa shape index (κ2) is 9.66. The number of hydrogen-bond acceptors (Lipinski definition) is 5. The molecule has 1 saturated carbocycles. The number of aryl methyl sites for hydroxylation is 2. The van der Waals surface area contributed by atoms with Gasteiger partial charge in [-0.1, -0.05) is 12.1 Å². The van der Waals surface area contributed by atoms with E-state index in [2.05, 4.69) is 10.6 Å². The molecule has 2 heterocycles. The lowest BCUT2D eigenvalue weighted by atomic mass is 9.78. The number of benzene rings is 2. The van der Waals surface area contributed by atoms with Crippen molar-refractivity contribution in [2.75, 3.05) is 18.9 Å². The fourth-order valence-corrected chi connectivity index (χ4v) is 6.35. The number of imide groups is 1. The monoisotopic (exact) mass is 534 g/mol. The van der Waals surface area contributed by atoms with Crippen molar-refractivity contribution in [3.05, 3.63) is 64.5 Å². The number of hydrogen-bond donors (Lipinski definition) is 2. The molecule has 0 unspecified atom stereocenters. The maximum Gasteiger partial charge on any atom is 0.418 e. The van der Waals surface area contributed by atoms with Crippen molar-refractivity contribution in [1.82, 2.24) is 15.1 Å². The predicted molar refractivity (Wildman–Crippen MR) is 139 cm³/mol. The lowest BCUT2D eigenvalue weighted by Crippen LogP contribution is -2.48. The summed E-state index contributed by atoms with van der Waals surface area (Å²) in [6, 6.07) is 9.46. The zero-order valence-corrected chi connectivity index (χ0v) is 21.8. The van der Waals surface area contributed by atoms with Crippen LogP contribution in [0.5, 0.6) is 0 Å². The Hall–Kier alpha value is -3.95. The summed E-state index contributed by atoms with van der Waals surface area (Å²) in [5.41, 5.74) is 2.29. The number of halogens is 1. The lowest BCUT2D eigenvalue weighted by molar-refractivity contribution is -0.144. The number of amides is 5. The topological polar surface area (TPSA) is 108 Å². The molecule has 2 aromatic carbocycles. The Morgan fingerprint density at radius 3 is 2.64 bits per heavy atom. The molecule has 1 spiro atoms. The summed E-state index contributed by atoms with van der Waals surface area (Å²) >= 11 is 0. The first-order valence-electron chi connectivity index (χ1n) is 13.5. The Balaban J connectivity index is 1.24. The van der Waals surface area contributed by atoms with E-state index in [4.69, 9.17) is 4.74 Å². The first kappa shape index (κ1) is 25.3. The maximum absolute atomic E-state index is 13.9. The fraction of sp³-hybridized carbons (Fsp3) is 0.448. The van der Waals surface area contributed by atoms with E-state index in [-0.39, 0.29) is 23.8 Å². The number of nitrogens with zero attached hydrogens (tertiary/aromatic N) is 2. The van der Waals surface area contributed by atoms with E-state index in [1.807, 2.05) is 0 Å². The molecule has 204 valence electrons. The third-order valence-corrected chi connectivity index (χ3v) is 8.47. The minimum atomic E-state index is -1.48. The normalized spacial score (nSPS) is 24.1. The Bertz CT molecular complexity index is 1380. The van der Waals surface area contributed by atoms with Gasteiger partial charge in [-0.15, -0.1) is 0 Å². The molecule has 2 aliphatic heterocycles. The van der Waals surface area contributed by atoms with Crippen molar-refractivity contribution in [1.29, 1.82) is 0 Å². The molecule has 4 aliphatic rings. The zero-order valence-electron chi connectivity index (χ0n) is 21.8. The van der Waals surface area contributed by atoms with Gasteiger partial charge in [-0.3, -0.25) is 9.59 Å². The van der Waals surface area contributed by atoms with Gasteiger partial charge in [-0.25, -0.2) is 18.9 Å². The van der Waals surface area contributed by atoms with Crippen LogP contribution < -0.4 is 10.6 Å². The highest BCUT2D eigenvalue weighted by molar-refractivity contribution is 6.06. The highest BCUT2D eigenvalue weighted by Gasteiger charge is 2.57. The molecule has 2 aromatic rings. The van der Waals surface area contributed by atoms with E-state index in [1.165, 1.54) is 19.2 Å². The first-order chi connectivity index (χ1) is 18.8. The van der Waals surface area contributed by atoms with Crippen LogP contribution in [-0.2, 0) is 39.3 Å². The number of nitrogens with one attached hydrogen (secondary N) is 2. The van der Waals surface area contributed by atoms with E-state index < -0.39 is 24.1 Å². The summed E-state index contributed by atoms with van der Waals surface area (Å²) in [5.74, 6) is -0.762. The number of urea groups is 1. The molecule has 2 atom stereocenters. The van der Waals surface area contributed by atoms with Crippen molar-refractivity contribution in [2.45, 2.75) is 63.1 Å². The van der Waals surface area contributed by atoms with Gasteiger partial charge in [0.2, 0.25) is 11.5 Å². The van der Waals surface area contributed by atoms with Crippen LogP contribution in [0.3, 0.4) is 0 Å². The van der Waals surface area contributed by atoms with Crippen LogP contribution in [0.25, 0.3) is 0 Å². The minimum Gasteiger partial charge on any atom is -0.427 e. The van der Waals surface area contributed by atoms with E-state index in [0.717, 1.165) is 40.9 Å². The van der Waals surface area contributed by atoms with Gasteiger partial charge in [0.05, 0.1) is 0 Å². The summed E-state index contributed by atoms with van der Waals surface area (Å²) in [4.78, 5) is 55.0. The number of ether oxygens (including phenoxy) is 1. The van der Waals surface area contributed by atoms with Crippen LogP contribution >= 0.6 is 0 Å². The molecular formula is C29H31FN4O5. The van der Waals surface area contributed by atoms with Crippen LogP contribution in [0, 0.1) is 11.7 Å². The Morgan fingerprint density at radius 1 is 1.05 bits per heavy atom. The van der Waals surface area contributed by atoms with Crippen molar-refractivity contribution in [2.24, 2.45) is 5.92 Å². The zero-order chi connectivity index (χ0) is 27.3. The van der Waals surface area contributed by atoms with Gasteiger partial charge in [-0.2, -0.15) is 0 Å². The smallest absolute Gasteiger partial charge is 0.418 e. The molecule has 2 aliphatic carbocycles. The number of fused-ring (bicyclic) bond motifs is 3. The molecule has 5 amide bonds. The van der Waals surface area contributed by atoms with Crippen molar-refractivity contribution in [3.8, 4) is 0 Å². The van der Waals surface area contributed by atoms with Gasteiger partial charge in [0.25, 0.3) is 5.91 Å². The van der Waals surface area contributed by atoms with Gasteiger partial charge >= 0.3 is 12.1 Å². The van der Waals surface area contributed by atoms with Crippen LogP contribution in [0.1, 0.15) is 54.4 Å². The van der Waals surface area contributed by atoms with E-state index in [1.54, 1.807) is 29.2 Å². The molecule has 1 saturated heterocycles. The molecule has 9 nitrogen and oxygen atoms in total. The number of carbonyl (C=O) groups is 4. The summed E-state index contributed by atoms with van der Waals surface area (Å²) in [6.45, 7) is -0.0768. The molecule has 39 heavy (non-hydrogen) atoms. The highest BCUT2D eigenvalue weighted by Crippen LogP contribution is 2.45. The van der Waals surface area contributed by atoms with Crippen LogP contribution in [-0.4, -0.2) is 53.4 Å². The maximum atomic E-state index is 13.9. The van der Waals surface area contributed by atoms with E-state index in [9.17, 15) is 23.6 Å². The van der Waals surface area contributed by atoms with Crippen LogP contribution in [0.15, 0.2) is 36.4 Å². The third-order valence-electron chi connectivity index (χ3n) is 8.47. The first-order valence-corrected chi connectivity index (χ1v) is 13.5. The quantitative estimate of drug-likeness (QED) is 0.620. The molecule has 0 aromatic heterocycles. The Kier molecular flexibility index (Phi) is 6.28. The molecule has 2 fully saturated rings. The SMILES string of the molecule is CNC(=O)Nc1ccc2c(c1)CCC[C@@]21OC(=O)N(CC(=O)N2Cc3ccc(F)cc3CC[C@H]2C2CC2)C1=O. The van der Waals surface area contributed by atoms with Crippen molar-refractivity contribution < 1.29 is 28.3 Å². The highest BCUT2D eigenvalue weighted by atomic mass is 19.1. The number of carbonyl (C=O) groups excluding carboxylic acids is 4. The molecule has 10 heteroatoms. The lowest BCUT2D eigenvalue weighted by Gasteiger charge is -2.33. The van der Waals surface area contributed by atoms with Crippen molar-refractivity contribution >= 4 is 29.6 Å². The average molecular weight is 535 g/mol. The summed E-state index contributed by atoms with van der Waals surface area (Å²) < 4.78 is 19.7. The summed E-state index contributed by atoms with van der Waals surface area (Å²) in [5, 5.41) is 5.22. The van der Waals surface area contributed by atoms with Crippen LogP contribution in [0.4, 0.5) is 19.7 Å². The second-order valence-corrected chi connectivity index (χ2v) is 10.9. The van der Waals surface area contributed by atoms with Gasteiger partial charge in [0.1, 0.15) is 12.4 Å². The Labute approximate surface area is 225 Å². The second-order valence-electron chi connectivity index (χ2n) is 10.9. The molecule has 0 radical (unpaired) electrons. The molecule has 6 rings (SSSR count). The number of anilines is 1. The van der Waals surface area contributed by atoms with E-state index >= 15 is 0 Å². The van der Waals surface area contributed by atoms with Crippen LogP contribution in [0.2, 0.25) is 0 Å². The van der Waals surface area contributed by atoms with Gasteiger partial charge in [0.15, 0.2) is 0 Å². The fourth-order valence-electron chi connectivity index (χ4n) is 6.35. The average Bonchev–Trinajstić information content (AvgIpc) is 3.75. The van der Waals surface area contributed by atoms with Gasteiger partial charge in [-0.05, 0) is 85.4 Å². The Morgan fingerprint density at radius 2 is 1.87 bits per heavy atom. The summed E-state index contributed by atoms with van der Waals surface area (Å²) in [6.07, 6.45) is 4.23. The predicted octanol–water partition coefficient (Wildman–Crippen LogP) is 3.84. The van der Waals surface area contributed by atoms with E-state index in [0.29, 0.717) is 49.4 Å². The minimum absolute atomic E-state index is 0.0164. The standard InChI is InChI=1S/C29H31FN4O5/c1-31-27(37)32-22-9-10-23-19(14-22)3-2-12-29(23)26(36)34(28(38)39-29)16-25(35)33-15-20-6-8-21(30)13-18(20)7-11-24(33)17-4-5-17/h6,8-10,13-14,17,24H,2-5,7,11-12,15-16H2,1H3,(H2,31,32,37)/t24-,29+/m0/s1. The largest absolute Gasteiger partial charge is 0.427 e. The number of rotatable bonds is 4. The third kappa shape index (κ3) is 4.51. The molecule has 2 N–H and O–H groups in total. The van der Waals surface area contributed by atoms with Gasteiger partial charge in [0, 0.05) is 37.3 Å².